The lowest BCUT2D eigenvalue weighted by molar-refractivity contribution is 0.685. The minimum Gasteiger partial charge on any atom is -0.378 e. The number of fused-ring (bicyclic) bond motifs is 1. The molecule has 104 valence electrons. The molecule has 0 bridgehead atoms. The van der Waals surface area contributed by atoms with Crippen molar-refractivity contribution >= 4 is 5.69 Å². The van der Waals surface area contributed by atoms with Gasteiger partial charge in [-0.1, -0.05) is 42.0 Å². The van der Waals surface area contributed by atoms with E-state index in [4.69, 9.17) is 0 Å². The molecule has 0 radical (unpaired) electrons. The van der Waals surface area contributed by atoms with Gasteiger partial charge >= 0.3 is 0 Å². The van der Waals surface area contributed by atoms with Gasteiger partial charge in [0, 0.05) is 11.7 Å². The molecule has 1 nitrogen and oxygen atoms in total. The summed E-state index contributed by atoms with van der Waals surface area (Å²) in [5, 5.41) is 3.71. The van der Waals surface area contributed by atoms with Crippen molar-refractivity contribution in [2.24, 2.45) is 0 Å². The van der Waals surface area contributed by atoms with E-state index in [2.05, 4.69) is 61.6 Å². The first-order chi connectivity index (χ1) is 9.74. The van der Waals surface area contributed by atoms with Crippen LogP contribution in [0.1, 0.15) is 48.1 Å². The summed E-state index contributed by atoms with van der Waals surface area (Å²) in [6, 6.07) is 15.9. The Morgan fingerprint density at radius 1 is 0.950 bits per heavy atom. The van der Waals surface area contributed by atoms with Crippen LogP contribution in [0.5, 0.6) is 0 Å². The molecule has 1 aliphatic rings. The van der Waals surface area contributed by atoms with Gasteiger partial charge in [-0.05, 0) is 62.3 Å². The van der Waals surface area contributed by atoms with Crippen molar-refractivity contribution in [3.8, 4) is 0 Å². The number of anilines is 1. The topological polar surface area (TPSA) is 12.0 Å². The zero-order chi connectivity index (χ0) is 13.9. The summed E-state index contributed by atoms with van der Waals surface area (Å²) < 4.78 is 0. The number of aryl methyl sites for hydroxylation is 2. The fourth-order valence-electron chi connectivity index (χ4n) is 3.09. The third kappa shape index (κ3) is 2.72. The molecule has 1 heteroatoms. The van der Waals surface area contributed by atoms with Gasteiger partial charge in [0.05, 0.1) is 0 Å². The van der Waals surface area contributed by atoms with Crippen molar-refractivity contribution in [2.45, 2.75) is 45.6 Å². The van der Waals surface area contributed by atoms with E-state index in [1.54, 1.807) is 0 Å². The number of hydrogen-bond donors (Lipinski definition) is 1. The molecule has 3 rings (SSSR count). The average Bonchev–Trinajstić information content (AvgIpc) is 2.48. The number of nitrogens with one attached hydrogen (secondary N) is 1. The van der Waals surface area contributed by atoms with Gasteiger partial charge in [-0.15, -0.1) is 0 Å². The molecule has 1 aliphatic carbocycles. The van der Waals surface area contributed by atoms with E-state index in [1.165, 1.54) is 53.6 Å². The first-order valence-electron chi connectivity index (χ1n) is 7.68. The molecular weight excluding hydrogens is 242 g/mol. The van der Waals surface area contributed by atoms with E-state index < -0.39 is 0 Å². The van der Waals surface area contributed by atoms with E-state index >= 15 is 0 Å². The highest BCUT2D eigenvalue weighted by molar-refractivity contribution is 5.56. The number of benzene rings is 2. The molecule has 1 N–H and O–H groups in total. The van der Waals surface area contributed by atoms with E-state index in [0.29, 0.717) is 6.04 Å². The summed E-state index contributed by atoms with van der Waals surface area (Å²) in [5.74, 6) is 0. The van der Waals surface area contributed by atoms with Crippen LogP contribution in [0.3, 0.4) is 0 Å². The van der Waals surface area contributed by atoms with Crippen molar-refractivity contribution in [2.75, 3.05) is 5.32 Å². The number of rotatable bonds is 3. The van der Waals surface area contributed by atoms with Crippen molar-refractivity contribution in [3.05, 3.63) is 64.7 Å². The molecule has 0 amide bonds. The highest BCUT2D eigenvalue weighted by Crippen LogP contribution is 2.30. The third-order valence-electron chi connectivity index (χ3n) is 4.35. The Labute approximate surface area is 122 Å². The van der Waals surface area contributed by atoms with Gasteiger partial charge in [0.2, 0.25) is 0 Å². The second-order valence-electron chi connectivity index (χ2n) is 5.93. The van der Waals surface area contributed by atoms with Crippen molar-refractivity contribution in [3.63, 3.8) is 0 Å². The van der Waals surface area contributed by atoms with Crippen LogP contribution in [0.2, 0.25) is 0 Å². The molecule has 0 saturated carbocycles. The molecule has 2 aromatic carbocycles. The summed E-state index contributed by atoms with van der Waals surface area (Å²) in [5.41, 5.74) is 7.08. The van der Waals surface area contributed by atoms with Crippen LogP contribution in [-0.2, 0) is 12.8 Å². The van der Waals surface area contributed by atoms with Gasteiger partial charge in [0.1, 0.15) is 0 Å². The maximum atomic E-state index is 3.71. The summed E-state index contributed by atoms with van der Waals surface area (Å²) in [4.78, 5) is 0. The lowest BCUT2D eigenvalue weighted by atomic mass is 9.90. The van der Waals surface area contributed by atoms with Crippen molar-refractivity contribution < 1.29 is 0 Å². The smallest absolute Gasteiger partial charge is 0.0485 e. The minimum atomic E-state index is 0.351. The zero-order valence-corrected chi connectivity index (χ0v) is 12.4. The van der Waals surface area contributed by atoms with Gasteiger partial charge in [0.25, 0.3) is 0 Å². The van der Waals surface area contributed by atoms with E-state index in [9.17, 15) is 0 Å². The second-order valence-corrected chi connectivity index (χ2v) is 5.93. The first kappa shape index (κ1) is 13.2. The molecule has 1 atom stereocenters. The highest BCUT2D eigenvalue weighted by atomic mass is 14.9. The summed E-state index contributed by atoms with van der Waals surface area (Å²) in [6.45, 7) is 4.38. The Morgan fingerprint density at radius 3 is 2.50 bits per heavy atom. The Bertz CT molecular complexity index is 583. The van der Waals surface area contributed by atoms with Crippen LogP contribution in [0, 0.1) is 6.92 Å². The Kier molecular flexibility index (Phi) is 3.77. The van der Waals surface area contributed by atoms with Crippen LogP contribution in [0.25, 0.3) is 0 Å². The maximum Gasteiger partial charge on any atom is 0.0485 e. The molecule has 20 heavy (non-hydrogen) atoms. The predicted molar refractivity (Wildman–Crippen MR) is 86.3 cm³/mol. The Hall–Kier alpha value is -1.76. The predicted octanol–water partition coefficient (Wildman–Crippen LogP) is 5.05. The molecule has 0 heterocycles. The fraction of sp³-hybridized carbons (Fsp3) is 0.368. The van der Waals surface area contributed by atoms with E-state index in [-0.39, 0.29) is 0 Å². The monoisotopic (exact) mass is 265 g/mol. The summed E-state index contributed by atoms with van der Waals surface area (Å²) in [6.07, 6.45) is 5.12. The maximum absolute atomic E-state index is 3.71. The largest absolute Gasteiger partial charge is 0.378 e. The Balaban J connectivity index is 1.82. The van der Waals surface area contributed by atoms with E-state index in [0.717, 1.165) is 0 Å². The SMILES string of the molecule is Cc1ccc(C(C)Nc2cccc3c2CCCC3)cc1. The quantitative estimate of drug-likeness (QED) is 0.819. The van der Waals surface area contributed by atoms with Gasteiger partial charge < -0.3 is 5.32 Å². The van der Waals surface area contributed by atoms with Gasteiger partial charge in [0.15, 0.2) is 0 Å². The molecule has 0 spiro atoms. The number of hydrogen-bond acceptors (Lipinski definition) is 1. The highest BCUT2D eigenvalue weighted by Gasteiger charge is 2.14. The molecule has 0 fully saturated rings. The van der Waals surface area contributed by atoms with Crippen LogP contribution in [0.15, 0.2) is 42.5 Å². The first-order valence-corrected chi connectivity index (χ1v) is 7.68. The third-order valence-corrected chi connectivity index (χ3v) is 4.35. The lowest BCUT2D eigenvalue weighted by Gasteiger charge is -2.23. The van der Waals surface area contributed by atoms with Crippen LogP contribution in [0.4, 0.5) is 5.69 Å². The van der Waals surface area contributed by atoms with Gasteiger partial charge in [-0.3, -0.25) is 0 Å². The van der Waals surface area contributed by atoms with Crippen molar-refractivity contribution in [1.29, 1.82) is 0 Å². The summed E-state index contributed by atoms with van der Waals surface area (Å²) >= 11 is 0. The van der Waals surface area contributed by atoms with Crippen molar-refractivity contribution in [1.82, 2.24) is 0 Å². The van der Waals surface area contributed by atoms with E-state index in [1.807, 2.05) is 0 Å². The molecule has 0 saturated heterocycles. The fourth-order valence-corrected chi connectivity index (χ4v) is 3.09. The van der Waals surface area contributed by atoms with Crippen LogP contribution in [-0.4, -0.2) is 0 Å². The Morgan fingerprint density at radius 2 is 1.70 bits per heavy atom. The van der Waals surface area contributed by atoms with Crippen LogP contribution < -0.4 is 5.32 Å². The minimum absolute atomic E-state index is 0.351. The van der Waals surface area contributed by atoms with Crippen LogP contribution >= 0.6 is 0 Å². The van der Waals surface area contributed by atoms with Gasteiger partial charge in [-0.25, -0.2) is 0 Å². The standard InChI is InChI=1S/C19H23N/c1-14-10-12-16(13-11-14)15(2)20-19-9-5-7-17-6-3-4-8-18(17)19/h5,7,9-13,15,20H,3-4,6,8H2,1-2H3. The second kappa shape index (κ2) is 5.70. The molecule has 0 aliphatic heterocycles. The van der Waals surface area contributed by atoms with Gasteiger partial charge in [-0.2, -0.15) is 0 Å². The normalized spacial score (nSPS) is 15.5. The molecular formula is C19H23N. The average molecular weight is 265 g/mol. The molecule has 2 aromatic rings. The molecule has 0 aromatic heterocycles. The summed E-state index contributed by atoms with van der Waals surface area (Å²) in [7, 11) is 0. The lowest BCUT2D eigenvalue weighted by Crippen LogP contribution is -2.11. The molecule has 1 unspecified atom stereocenters. The zero-order valence-electron chi connectivity index (χ0n) is 12.4.